The number of likely N-dealkylation sites (N-methyl/N-ethyl adjacent to an activating group) is 1. The minimum atomic E-state index is -0.717. The van der Waals surface area contributed by atoms with Gasteiger partial charge in [-0.3, -0.25) is 9.69 Å². The number of carboxylic acids is 1. The third-order valence-corrected chi connectivity index (χ3v) is 2.69. The molecule has 0 radical (unpaired) electrons. The topological polar surface area (TPSA) is 40.5 Å². The zero-order valence-electron chi connectivity index (χ0n) is 9.24. The second-order valence-corrected chi connectivity index (χ2v) is 3.93. The Morgan fingerprint density at radius 2 is 1.85 bits per heavy atom. The van der Waals surface area contributed by atoms with Gasteiger partial charge in [0.2, 0.25) is 0 Å². The maximum Gasteiger partial charge on any atom is 0.321 e. The molecule has 0 rings (SSSR count). The van der Waals surface area contributed by atoms with E-state index in [4.69, 9.17) is 5.11 Å². The molecule has 0 aliphatic carbocycles. The molecule has 78 valence electrons. The Morgan fingerprint density at radius 1 is 1.38 bits per heavy atom. The zero-order chi connectivity index (χ0) is 10.6. The van der Waals surface area contributed by atoms with Crippen molar-refractivity contribution in [1.82, 2.24) is 4.90 Å². The molecule has 0 aromatic carbocycles. The van der Waals surface area contributed by atoms with E-state index in [0.29, 0.717) is 0 Å². The van der Waals surface area contributed by atoms with E-state index in [-0.39, 0.29) is 18.0 Å². The molecule has 0 spiro atoms. The molecular formula is C10H21NO2. The molecule has 0 aromatic heterocycles. The standard InChI is InChI=1S/C10H21NO2/c1-6-8(4)9(10(12)13)11(5)7(2)3/h7-9H,6H2,1-5H3,(H,12,13)/t8?,9-/m0/s1. The molecule has 0 aliphatic heterocycles. The molecule has 0 bridgehead atoms. The summed E-state index contributed by atoms with van der Waals surface area (Å²) in [7, 11) is 1.87. The maximum absolute atomic E-state index is 11.0. The van der Waals surface area contributed by atoms with Crippen molar-refractivity contribution in [1.29, 1.82) is 0 Å². The summed E-state index contributed by atoms with van der Waals surface area (Å²) < 4.78 is 0. The quantitative estimate of drug-likeness (QED) is 0.713. The Labute approximate surface area is 80.7 Å². The van der Waals surface area contributed by atoms with Crippen LogP contribution in [0.1, 0.15) is 34.1 Å². The zero-order valence-corrected chi connectivity index (χ0v) is 9.24. The van der Waals surface area contributed by atoms with Gasteiger partial charge in [-0.15, -0.1) is 0 Å². The number of carboxylic acid groups (broad SMARTS) is 1. The summed E-state index contributed by atoms with van der Waals surface area (Å²) in [5.41, 5.74) is 0. The van der Waals surface area contributed by atoms with Crippen LogP contribution in [0.2, 0.25) is 0 Å². The summed E-state index contributed by atoms with van der Waals surface area (Å²) in [4.78, 5) is 12.9. The molecule has 3 heteroatoms. The van der Waals surface area contributed by atoms with E-state index >= 15 is 0 Å². The average molecular weight is 187 g/mol. The van der Waals surface area contributed by atoms with Crippen LogP contribution in [0.3, 0.4) is 0 Å². The van der Waals surface area contributed by atoms with Gasteiger partial charge >= 0.3 is 5.97 Å². The summed E-state index contributed by atoms with van der Waals surface area (Å²) >= 11 is 0. The molecule has 13 heavy (non-hydrogen) atoms. The number of rotatable bonds is 5. The van der Waals surface area contributed by atoms with Crippen LogP contribution < -0.4 is 0 Å². The van der Waals surface area contributed by atoms with Gasteiger partial charge in [0, 0.05) is 6.04 Å². The van der Waals surface area contributed by atoms with Crippen molar-refractivity contribution in [2.75, 3.05) is 7.05 Å². The molecule has 0 amide bonds. The first-order valence-electron chi connectivity index (χ1n) is 4.86. The van der Waals surface area contributed by atoms with Gasteiger partial charge in [-0.2, -0.15) is 0 Å². The Morgan fingerprint density at radius 3 is 2.08 bits per heavy atom. The minimum Gasteiger partial charge on any atom is -0.480 e. The van der Waals surface area contributed by atoms with Gasteiger partial charge in [0.1, 0.15) is 6.04 Å². The fraction of sp³-hybridized carbons (Fsp3) is 0.900. The second kappa shape index (κ2) is 5.22. The summed E-state index contributed by atoms with van der Waals surface area (Å²) in [6, 6.07) is -0.0832. The Bertz CT molecular complexity index is 168. The molecule has 0 heterocycles. The summed E-state index contributed by atoms with van der Waals surface area (Å²) in [5, 5.41) is 9.05. The lowest BCUT2D eigenvalue weighted by Gasteiger charge is -2.31. The Kier molecular flexibility index (Phi) is 4.99. The fourth-order valence-electron chi connectivity index (χ4n) is 1.36. The lowest BCUT2D eigenvalue weighted by molar-refractivity contribution is -0.145. The fourth-order valence-corrected chi connectivity index (χ4v) is 1.36. The molecule has 0 saturated carbocycles. The summed E-state index contributed by atoms with van der Waals surface area (Å²) in [6.45, 7) is 8.03. The van der Waals surface area contributed by atoms with Gasteiger partial charge in [0.05, 0.1) is 0 Å². The molecular weight excluding hydrogens is 166 g/mol. The Balaban J connectivity index is 4.50. The summed E-state index contributed by atoms with van der Waals surface area (Å²) in [6.07, 6.45) is 0.897. The minimum absolute atomic E-state index is 0.199. The van der Waals surface area contributed by atoms with Crippen molar-refractivity contribution < 1.29 is 9.90 Å². The molecule has 0 aliphatic rings. The van der Waals surface area contributed by atoms with Crippen LogP contribution in [0.25, 0.3) is 0 Å². The van der Waals surface area contributed by atoms with Crippen LogP contribution in [0.4, 0.5) is 0 Å². The average Bonchev–Trinajstić information content (AvgIpc) is 2.03. The van der Waals surface area contributed by atoms with Crippen LogP contribution in [0.5, 0.6) is 0 Å². The molecule has 2 atom stereocenters. The molecule has 0 saturated heterocycles. The third-order valence-electron chi connectivity index (χ3n) is 2.69. The van der Waals surface area contributed by atoms with Crippen LogP contribution in [0, 0.1) is 5.92 Å². The lowest BCUT2D eigenvalue weighted by Crippen LogP contribution is -2.46. The lowest BCUT2D eigenvalue weighted by atomic mass is 9.97. The first-order chi connectivity index (χ1) is 5.91. The van der Waals surface area contributed by atoms with E-state index in [1.165, 1.54) is 0 Å². The highest BCUT2D eigenvalue weighted by Gasteiger charge is 2.28. The van der Waals surface area contributed by atoms with E-state index in [1.807, 2.05) is 39.6 Å². The third kappa shape index (κ3) is 3.35. The number of hydrogen-bond donors (Lipinski definition) is 1. The molecule has 1 unspecified atom stereocenters. The highest BCUT2D eigenvalue weighted by Crippen LogP contribution is 2.15. The van der Waals surface area contributed by atoms with Crippen molar-refractivity contribution in [3.8, 4) is 0 Å². The van der Waals surface area contributed by atoms with E-state index in [2.05, 4.69) is 0 Å². The van der Waals surface area contributed by atoms with Crippen molar-refractivity contribution in [3.63, 3.8) is 0 Å². The highest BCUT2D eigenvalue weighted by molar-refractivity contribution is 5.73. The van der Waals surface area contributed by atoms with Crippen LogP contribution in [-0.2, 0) is 4.79 Å². The first-order valence-corrected chi connectivity index (χ1v) is 4.86. The second-order valence-electron chi connectivity index (χ2n) is 3.93. The number of hydrogen-bond acceptors (Lipinski definition) is 2. The van der Waals surface area contributed by atoms with Crippen LogP contribution in [0.15, 0.2) is 0 Å². The van der Waals surface area contributed by atoms with Crippen molar-refractivity contribution in [2.45, 2.75) is 46.2 Å². The first kappa shape index (κ1) is 12.4. The van der Waals surface area contributed by atoms with Crippen molar-refractivity contribution in [2.24, 2.45) is 5.92 Å². The largest absolute Gasteiger partial charge is 0.480 e. The predicted molar refractivity (Wildman–Crippen MR) is 53.8 cm³/mol. The number of carbonyl (C=O) groups is 1. The predicted octanol–water partition coefficient (Wildman–Crippen LogP) is 1.83. The van der Waals surface area contributed by atoms with E-state index in [1.54, 1.807) is 0 Å². The molecule has 0 aromatic rings. The van der Waals surface area contributed by atoms with Crippen molar-refractivity contribution >= 4 is 5.97 Å². The van der Waals surface area contributed by atoms with Gasteiger partial charge < -0.3 is 5.11 Å². The van der Waals surface area contributed by atoms with Crippen LogP contribution >= 0.6 is 0 Å². The van der Waals surface area contributed by atoms with Gasteiger partial charge in [-0.1, -0.05) is 20.3 Å². The monoisotopic (exact) mass is 187 g/mol. The van der Waals surface area contributed by atoms with E-state index in [0.717, 1.165) is 6.42 Å². The van der Waals surface area contributed by atoms with Crippen molar-refractivity contribution in [3.05, 3.63) is 0 Å². The summed E-state index contributed by atoms with van der Waals surface area (Å²) in [5.74, 6) is -0.518. The maximum atomic E-state index is 11.0. The molecule has 3 nitrogen and oxygen atoms in total. The number of aliphatic carboxylic acids is 1. The van der Waals surface area contributed by atoms with E-state index < -0.39 is 5.97 Å². The molecule has 1 N–H and O–H groups in total. The van der Waals surface area contributed by atoms with Crippen LogP contribution in [-0.4, -0.2) is 35.1 Å². The number of nitrogens with zero attached hydrogens (tertiary/aromatic N) is 1. The Hall–Kier alpha value is -0.570. The normalized spacial score (nSPS) is 16.2. The van der Waals surface area contributed by atoms with Gasteiger partial charge in [0.15, 0.2) is 0 Å². The smallest absolute Gasteiger partial charge is 0.321 e. The highest BCUT2D eigenvalue weighted by atomic mass is 16.4. The van der Waals surface area contributed by atoms with Gasteiger partial charge in [-0.25, -0.2) is 0 Å². The molecule has 0 fully saturated rings. The van der Waals surface area contributed by atoms with E-state index in [9.17, 15) is 4.79 Å². The van der Waals surface area contributed by atoms with Gasteiger partial charge in [0.25, 0.3) is 0 Å². The SMILES string of the molecule is CCC(C)[C@@H](C(=O)O)N(C)C(C)C. The van der Waals surface area contributed by atoms with Gasteiger partial charge in [-0.05, 0) is 26.8 Å².